The first-order valence-electron chi connectivity index (χ1n) is 7.09. The molecule has 0 unspecified atom stereocenters. The molecule has 0 bridgehead atoms. The van der Waals surface area contributed by atoms with Gasteiger partial charge in [0, 0.05) is 19.5 Å². The van der Waals surface area contributed by atoms with E-state index >= 15 is 0 Å². The van der Waals surface area contributed by atoms with Crippen LogP contribution in [-0.2, 0) is 11.2 Å². The number of hydrogen-bond acceptors (Lipinski definition) is 2. The molecule has 1 aromatic carbocycles. The van der Waals surface area contributed by atoms with Crippen molar-refractivity contribution < 1.29 is 4.79 Å². The number of carbonyl (C=O) groups is 1. The summed E-state index contributed by atoms with van der Waals surface area (Å²) in [4.78, 5) is 13.4. The minimum Gasteiger partial charge on any atom is -0.303 e. The Morgan fingerprint density at radius 2 is 1.89 bits per heavy atom. The summed E-state index contributed by atoms with van der Waals surface area (Å²) in [7, 11) is 0. The van der Waals surface area contributed by atoms with Crippen LogP contribution in [0.3, 0.4) is 0 Å². The molecule has 0 aromatic heterocycles. The molecule has 0 aliphatic rings. The zero-order valence-electron chi connectivity index (χ0n) is 12.2. The van der Waals surface area contributed by atoms with Crippen molar-refractivity contribution in [1.82, 2.24) is 4.90 Å². The molecule has 0 radical (unpaired) electrons. The molecule has 0 heterocycles. The minimum atomic E-state index is 0.274. The van der Waals surface area contributed by atoms with Crippen LogP contribution in [0.15, 0.2) is 30.8 Å². The van der Waals surface area contributed by atoms with Gasteiger partial charge in [0.1, 0.15) is 5.78 Å². The first-order valence-corrected chi connectivity index (χ1v) is 7.09. The maximum Gasteiger partial charge on any atom is 0.131 e. The second-order valence-electron chi connectivity index (χ2n) is 4.99. The van der Waals surface area contributed by atoms with Gasteiger partial charge in [0.15, 0.2) is 0 Å². The van der Waals surface area contributed by atoms with E-state index in [0.717, 1.165) is 38.0 Å². The molecule has 0 aliphatic carbocycles. The average molecular weight is 259 g/mol. The highest BCUT2D eigenvalue weighted by Gasteiger charge is 2.05. The summed E-state index contributed by atoms with van der Waals surface area (Å²) in [6.45, 7) is 10.6. The first kappa shape index (κ1) is 15.6. The lowest BCUT2D eigenvalue weighted by Crippen LogP contribution is -2.29. The summed E-state index contributed by atoms with van der Waals surface area (Å²) in [5, 5.41) is 0. The lowest BCUT2D eigenvalue weighted by Gasteiger charge is -2.21. The smallest absolute Gasteiger partial charge is 0.131 e. The van der Waals surface area contributed by atoms with Gasteiger partial charge >= 0.3 is 0 Å². The molecule has 104 valence electrons. The van der Waals surface area contributed by atoms with Crippen LogP contribution in [0.1, 0.15) is 37.8 Å². The molecule has 0 fully saturated rings. The molecule has 1 rings (SSSR count). The van der Waals surface area contributed by atoms with Gasteiger partial charge < -0.3 is 4.90 Å². The molecule has 0 saturated carbocycles. The van der Waals surface area contributed by atoms with Crippen molar-refractivity contribution in [1.29, 1.82) is 0 Å². The quantitative estimate of drug-likeness (QED) is 0.676. The molecule has 19 heavy (non-hydrogen) atoms. The summed E-state index contributed by atoms with van der Waals surface area (Å²) in [6.07, 6.45) is 4.69. The van der Waals surface area contributed by atoms with Crippen LogP contribution in [0.25, 0.3) is 6.08 Å². The third kappa shape index (κ3) is 6.35. The summed E-state index contributed by atoms with van der Waals surface area (Å²) >= 11 is 0. The SMILES string of the molecule is C=Cc1ccc(CCN(CCC)CCC(C)=O)cc1. The topological polar surface area (TPSA) is 20.3 Å². The number of Topliss-reactive ketones (excluding diaryl/α,β-unsaturated/α-hetero) is 1. The molecule has 0 aliphatic heterocycles. The second kappa shape index (κ2) is 8.65. The third-order valence-corrected chi connectivity index (χ3v) is 3.25. The van der Waals surface area contributed by atoms with Crippen LogP contribution in [0.4, 0.5) is 0 Å². The van der Waals surface area contributed by atoms with Crippen LogP contribution >= 0.6 is 0 Å². The highest BCUT2D eigenvalue weighted by Crippen LogP contribution is 2.07. The fourth-order valence-electron chi connectivity index (χ4n) is 2.07. The Morgan fingerprint density at radius 3 is 2.42 bits per heavy atom. The van der Waals surface area contributed by atoms with Crippen molar-refractivity contribution in [3.63, 3.8) is 0 Å². The van der Waals surface area contributed by atoms with Crippen molar-refractivity contribution in [2.24, 2.45) is 0 Å². The molecule has 0 atom stereocenters. The van der Waals surface area contributed by atoms with Crippen molar-refractivity contribution >= 4 is 11.9 Å². The average Bonchev–Trinajstić information content (AvgIpc) is 2.42. The van der Waals surface area contributed by atoms with E-state index < -0.39 is 0 Å². The van der Waals surface area contributed by atoms with E-state index in [1.54, 1.807) is 6.92 Å². The maximum absolute atomic E-state index is 11.1. The van der Waals surface area contributed by atoms with E-state index in [2.05, 4.69) is 42.7 Å². The van der Waals surface area contributed by atoms with Crippen LogP contribution in [0.2, 0.25) is 0 Å². The molecule has 0 N–H and O–H groups in total. The van der Waals surface area contributed by atoms with Gasteiger partial charge in [0.25, 0.3) is 0 Å². The third-order valence-electron chi connectivity index (χ3n) is 3.25. The van der Waals surface area contributed by atoms with Gasteiger partial charge in [-0.1, -0.05) is 43.8 Å². The standard InChI is InChI=1S/C17H25NO/c1-4-12-18(13-10-15(3)19)14-11-17-8-6-16(5-2)7-9-17/h5-9H,2,4,10-14H2,1,3H3. The number of rotatable bonds is 9. The fraction of sp³-hybridized carbons (Fsp3) is 0.471. The Balaban J connectivity index is 2.44. The Hall–Kier alpha value is -1.41. The normalized spacial score (nSPS) is 10.7. The van der Waals surface area contributed by atoms with E-state index in [0.29, 0.717) is 6.42 Å². The Kier molecular flexibility index (Phi) is 7.12. The maximum atomic E-state index is 11.1. The number of carbonyl (C=O) groups excluding carboxylic acids is 1. The molecule has 0 spiro atoms. The van der Waals surface area contributed by atoms with Gasteiger partial charge in [-0.15, -0.1) is 0 Å². The zero-order chi connectivity index (χ0) is 14.1. The lowest BCUT2D eigenvalue weighted by atomic mass is 10.1. The predicted molar refractivity (Wildman–Crippen MR) is 82.3 cm³/mol. The monoisotopic (exact) mass is 259 g/mol. The summed E-state index contributed by atoms with van der Waals surface area (Å²) in [6, 6.07) is 8.52. The van der Waals surface area contributed by atoms with E-state index in [9.17, 15) is 4.79 Å². The minimum absolute atomic E-state index is 0.274. The van der Waals surface area contributed by atoms with Crippen LogP contribution < -0.4 is 0 Å². The van der Waals surface area contributed by atoms with E-state index in [1.807, 2.05) is 6.08 Å². The molecular weight excluding hydrogens is 234 g/mol. The van der Waals surface area contributed by atoms with E-state index in [1.165, 1.54) is 5.56 Å². The Bertz CT molecular complexity index is 394. The van der Waals surface area contributed by atoms with Gasteiger partial charge in [0.05, 0.1) is 0 Å². The number of ketones is 1. The summed E-state index contributed by atoms with van der Waals surface area (Å²) < 4.78 is 0. The molecule has 1 aromatic rings. The summed E-state index contributed by atoms with van der Waals surface area (Å²) in [5.41, 5.74) is 2.50. The van der Waals surface area contributed by atoms with Gasteiger partial charge in [-0.2, -0.15) is 0 Å². The fourth-order valence-corrected chi connectivity index (χ4v) is 2.07. The first-order chi connectivity index (χ1) is 9.15. The zero-order valence-corrected chi connectivity index (χ0v) is 12.2. The van der Waals surface area contributed by atoms with Crippen molar-refractivity contribution in [2.75, 3.05) is 19.6 Å². The van der Waals surface area contributed by atoms with E-state index in [4.69, 9.17) is 0 Å². The number of hydrogen-bond donors (Lipinski definition) is 0. The van der Waals surface area contributed by atoms with Gasteiger partial charge in [0.2, 0.25) is 0 Å². The van der Waals surface area contributed by atoms with Crippen molar-refractivity contribution in [3.05, 3.63) is 42.0 Å². The molecule has 0 saturated heterocycles. The van der Waals surface area contributed by atoms with Gasteiger partial charge in [-0.25, -0.2) is 0 Å². The lowest BCUT2D eigenvalue weighted by molar-refractivity contribution is -0.117. The van der Waals surface area contributed by atoms with Crippen LogP contribution in [0, 0.1) is 0 Å². The predicted octanol–water partition coefficient (Wildman–Crippen LogP) is 3.56. The Labute approximate surface area is 117 Å². The highest BCUT2D eigenvalue weighted by molar-refractivity contribution is 5.75. The van der Waals surface area contributed by atoms with Crippen LogP contribution in [0.5, 0.6) is 0 Å². The van der Waals surface area contributed by atoms with Crippen molar-refractivity contribution in [2.45, 2.75) is 33.1 Å². The Morgan fingerprint density at radius 1 is 1.21 bits per heavy atom. The highest BCUT2D eigenvalue weighted by atomic mass is 16.1. The number of nitrogens with zero attached hydrogens (tertiary/aromatic N) is 1. The van der Waals surface area contributed by atoms with Crippen molar-refractivity contribution in [3.8, 4) is 0 Å². The largest absolute Gasteiger partial charge is 0.303 e. The molecular formula is C17H25NO. The molecule has 0 amide bonds. The van der Waals surface area contributed by atoms with E-state index in [-0.39, 0.29) is 5.78 Å². The van der Waals surface area contributed by atoms with Gasteiger partial charge in [-0.3, -0.25) is 4.79 Å². The molecule has 2 heteroatoms. The molecule has 2 nitrogen and oxygen atoms in total. The summed E-state index contributed by atoms with van der Waals surface area (Å²) in [5.74, 6) is 0.274. The van der Waals surface area contributed by atoms with Gasteiger partial charge in [-0.05, 0) is 37.4 Å². The second-order valence-corrected chi connectivity index (χ2v) is 4.99. The number of benzene rings is 1. The van der Waals surface area contributed by atoms with Crippen LogP contribution in [-0.4, -0.2) is 30.3 Å².